The van der Waals surface area contributed by atoms with Crippen molar-refractivity contribution < 1.29 is 13.9 Å². The molecule has 0 spiro atoms. The Bertz CT molecular complexity index is 1430. The summed E-state index contributed by atoms with van der Waals surface area (Å²) in [5.74, 6) is 1.35. The van der Waals surface area contributed by atoms with Gasteiger partial charge >= 0.3 is 0 Å². The van der Waals surface area contributed by atoms with Crippen molar-refractivity contribution in [1.82, 2.24) is 4.98 Å². The van der Waals surface area contributed by atoms with Crippen molar-refractivity contribution in [3.63, 3.8) is 0 Å². The van der Waals surface area contributed by atoms with E-state index in [0.717, 1.165) is 17.5 Å². The van der Waals surface area contributed by atoms with Crippen molar-refractivity contribution in [1.29, 1.82) is 0 Å². The number of hydrogen-bond donors (Lipinski definition) is 0. The molecule has 172 valence electrons. The Hall–Kier alpha value is -3.93. The Balaban J connectivity index is 1.68. The Morgan fingerprint density at radius 1 is 1.06 bits per heavy atom. The topological polar surface area (TPSA) is 72.6 Å². The molecule has 0 N–H and O–H groups in total. The van der Waals surface area contributed by atoms with Crippen molar-refractivity contribution >= 4 is 22.7 Å². The number of benzene rings is 2. The van der Waals surface area contributed by atoms with Crippen LogP contribution in [0, 0.1) is 12.8 Å². The number of carbonyl (C=O) groups is 1. The fourth-order valence-electron chi connectivity index (χ4n) is 4.32. The first kappa shape index (κ1) is 21.9. The second-order valence-electron chi connectivity index (χ2n) is 9.04. The van der Waals surface area contributed by atoms with E-state index in [1.165, 1.54) is 4.90 Å². The molecule has 0 radical (unpaired) electrons. The summed E-state index contributed by atoms with van der Waals surface area (Å²) in [6.45, 7) is 6.82. The predicted molar refractivity (Wildman–Crippen MR) is 132 cm³/mol. The maximum Gasteiger partial charge on any atom is 0.296 e. The van der Waals surface area contributed by atoms with Gasteiger partial charge in [-0.15, -0.1) is 0 Å². The predicted octanol–water partition coefficient (Wildman–Crippen LogP) is 5.67. The number of hydrogen-bond acceptors (Lipinski definition) is 5. The maximum atomic E-state index is 13.7. The quantitative estimate of drug-likeness (QED) is 0.375. The monoisotopic (exact) mass is 454 g/mol. The van der Waals surface area contributed by atoms with E-state index in [1.807, 2.05) is 43.3 Å². The molecule has 6 nitrogen and oxygen atoms in total. The molecule has 0 fully saturated rings. The zero-order chi connectivity index (χ0) is 23.8. The molecule has 1 unspecified atom stereocenters. The Labute approximate surface area is 197 Å². The van der Waals surface area contributed by atoms with E-state index in [-0.39, 0.29) is 17.1 Å². The van der Waals surface area contributed by atoms with Crippen LogP contribution in [0.1, 0.15) is 53.6 Å². The number of pyridine rings is 1. The van der Waals surface area contributed by atoms with Crippen molar-refractivity contribution in [3.8, 4) is 5.75 Å². The highest BCUT2D eigenvalue weighted by Crippen LogP contribution is 2.41. The zero-order valence-electron chi connectivity index (χ0n) is 19.4. The first-order valence-corrected chi connectivity index (χ1v) is 11.5. The number of anilines is 1. The van der Waals surface area contributed by atoms with E-state index in [0.29, 0.717) is 40.6 Å². The van der Waals surface area contributed by atoms with Gasteiger partial charge in [0, 0.05) is 6.20 Å². The summed E-state index contributed by atoms with van der Waals surface area (Å²) >= 11 is 0. The molecule has 1 aliphatic heterocycles. The maximum absolute atomic E-state index is 13.7. The lowest BCUT2D eigenvalue weighted by atomic mass is 9.98. The van der Waals surface area contributed by atoms with Crippen LogP contribution in [-0.2, 0) is 0 Å². The molecular formula is C28H26N2O4. The number of aryl methyl sites for hydroxylation is 1. The number of fused-ring (bicyclic) bond motifs is 2. The Kier molecular flexibility index (Phi) is 5.65. The van der Waals surface area contributed by atoms with E-state index < -0.39 is 6.04 Å². The first-order valence-electron chi connectivity index (χ1n) is 11.5. The van der Waals surface area contributed by atoms with E-state index in [2.05, 4.69) is 18.8 Å². The third-order valence-electron chi connectivity index (χ3n) is 6.06. The largest absolute Gasteiger partial charge is 0.494 e. The van der Waals surface area contributed by atoms with Crippen LogP contribution < -0.4 is 15.1 Å². The average Bonchev–Trinajstić information content (AvgIpc) is 3.13. The number of rotatable bonds is 6. The van der Waals surface area contributed by atoms with Crippen LogP contribution in [0.25, 0.3) is 11.0 Å². The van der Waals surface area contributed by atoms with Crippen LogP contribution in [0.3, 0.4) is 0 Å². The number of nitrogens with zero attached hydrogens (tertiary/aromatic N) is 2. The van der Waals surface area contributed by atoms with Gasteiger partial charge in [0.25, 0.3) is 5.91 Å². The van der Waals surface area contributed by atoms with E-state index in [1.54, 1.807) is 30.5 Å². The lowest BCUT2D eigenvalue weighted by Gasteiger charge is -2.24. The fraction of sp³-hybridized carbons (Fsp3) is 0.250. The smallest absolute Gasteiger partial charge is 0.296 e. The van der Waals surface area contributed by atoms with Gasteiger partial charge in [0.05, 0.1) is 23.6 Å². The molecule has 2 aromatic carbocycles. The molecular weight excluding hydrogens is 428 g/mol. The van der Waals surface area contributed by atoms with Gasteiger partial charge in [0.2, 0.25) is 5.76 Å². The third-order valence-corrected chi connectivity index (χ3v) is 6.06. The molecule has 0 bridgehead atoms. The van der Waals surface area contributed by atoms with Crippen LogP contribution in [0.5, 0.6) is 5.75 Å². The van der Waals surface area contributed by atoms with Crippen molar-refractivity contribution in [2.75, 3.05) is 11.5 Å². The minimum absolute atomic E-state index is 0.0585. The lowest BCUT2D eigenvalue weighted by Crippen LogP contribution is -2.30. The zero-order valence-corrected chi connectivity index (χ0v) is 19.4. The molecule has 0 saturated carbocycles. The number of amides is 1. The standard InChI is InChI=1S/C28H26N2O4/c1-17(2)12-14-33-20-8-6-7-19(16-20)25-24-26(31)21-15-18(3)10-11-22(21)34-27(24)28(32)30(25)23-9-4-5-13-29-23/h4-11,13,15-17,25H,12,14H2,1-3H3. The normalized spacial score (nSPS) is 15.2. The molecule has 0 saturated heterocycles. The van der Waals surface area contributed by atoms with Crippen molar-refractivity contribution in [3.05, 3.63) is 99.5 Å². The highest BCUT2D eigenvalue weighted by atomic mass is 16.5. The van der Waals surface area contributed by atoms with Crippen LogP contribution >= 0.6 is 0 Å². The molecule has 3 heterocycles. The first-order chi connectivity index (χ1) is 16.4. The molecule has 2 aromatic heterocycles. The molecule has 6 heteroatoms. The third kappa shape index (κ3) is 3.85. The lowest BCUT2D eigenvalue weighted by molar-refractivity contribution is 0.0970. The summed E-state index contributed by atoms with van der Waals surface area (Å²) in [6, 6.07) is 17.7. The second-order valence-corrected chi connectivity index (χ2v) is 9.04. The van der Waals surface area contributed by atoms with Gasteiger partial charge in [-0.25, -0.2) is 4.98 Å². The molecule has 34 heavy (non-hydrogen) atoms. The van der Waals surface area contributed by atoms with E-state index in [4.69, 9.17) is 9.15 Å². The highest BCUT2D eigenvalue weighted by Gasteiger charge is 2.44. The molecule has 5 rings (SSSR count). The SMILES string of the molecule is Cc1ccc2oc3c(c(=O)c2c1)C(c1cccc(OCCC(C)C)c1)N(c1ccccn1)C3=O. The molecule has 1 amide bonds. The van der Waals surface area contributed by atoms with Gasteiger partial charge in [-0.05, 0) is 61.2 Å². The van der Waals surface area contributed by atoms with Gasteiger partial charge in [-0.2, -0.15) is 0 Å². The number of aromatic nitrogens is 1. The summed E-state index contributed by atoms with van der Waals surface area (Å²) in [5.41, 5.74) is 2.23. The van der Waals surface area contributed by atoms with Crippen LogP contribution in [-0.4, -0.2) is 17.5 Å². The second kappa shape index (κ2) is 8.78. The van der Waals surface area contributed by atoms with Gasteiger partial charge in [-0.1, -0.05) is 43.7 Å². The highest BCUT2D eigenvalue weighted by molar-refractivity contribution is 6.10. The average molecular weight is 455 g/mol. The van der Waals surface area contributed by atoms with Gasteiger partial charge < -0.3 is 9.15 Å². The van der Waals surface area contributed by atoms with Crippen LogP contribution in [0.15, 0.2) is 76.1 Å². The summed E-state index contributed by atoms with van der Waals surface area (Å²) in [4.78, 5) is 33.3. The van der Waals surface area contributed by atoms with Gasteiger partial charge in [0.1, 0.15) is 17.2 Å². The van der Waals surface area contributed by atoms with Crippen LogP contribution in [0.4, 0.5) is 5.82 Å². The van der Waals surface area contributed by atoms with E-state index in [9.17, 15) is 9.59 Å². The summed E-state index contributed by atoms with van der Waals surface area (Å²) in [6.07, 6.45) is 2.56. The van der Waals surface area contributed by atoms with E-state index >= 15 is 0 Å². The molecule has 1 atom stereocenters. The van der Waals surface area contributed by atoms with Crippen molar-refractivity contribution in [2.45, 2.75) is 33.2 Å². The number of ether oxygens (including phenoxy) is 1. The minimum atomic E-state index is -0.674. The van der Waals surface area contributed by atoms with Gasteiger partial charge in [0.15, 0.2) is 5.43 Å². The number of carbonyl (C=O) groups excluding carboxylic acids is 1. The minimum Gasteiger partial charge on any atom is -0.494 e. The molecule has 1 aliphatic rings. The molecule has 0 aliphatic carbocycles. The Morgan fingerprint density at radius 2 is 1.91 bits per heavy atom. The van der Waals surface area contributed by atoms with Crippen LogP contribution in [0.2, 0.25) is 0 Å². The summed E-state index contributed by atoms with van der Waals surface area (Å²) in [7, 11) is 0. The fourth-order valence-corrected chi connectivity index (χ4v) is 4.32. The summed E-state index contributed by atoms with van der Waals surface area (Å²) in [5, 5.41) is 0.462. The molecule has 4 aromatic rings. The summed E-state index contributed by atoms with van der Waals surface area (Å²) < 4.78 is 12.0. The van der Waals surface area contributed by atoms with Gasteiger partial charge in [-0.3, -0.25) is 14.5 Å². The Morgan fingerprint density at radius 3 is 2.68 bits per heavy atom. The van der Waals surface area contributed by atoms with Crippen molar-refractivity contribution in [2.24, 2.45) is 5.92 Å².